The zero-order chi connectivity index (χ0) is 15.7. The van der Waals surface area contributed by atoms with Gasteiger partial charge in [0.25, 0.3) is 0 Å². The molecule has 118 valence electrons. The quantitative estimate of drug-likeness (QED) is 0.633. The first-order chi connectivity index (χ1) is 10.6. The molecule has 1 aromatic carbocycles. The summed E-state index contributed by atoms with van der Waals surface area (Å²) in [6, 6.07) is 10.1. The Kier molecular flexibility index (Phi) is 4.30. The Hall–Kier alpha value is -1.68. The van der Waals surface area contributed by atoms with Crippen LogP contribution in [0.1, 0.15) is 36.0 Å². The summed E-state index contributed by atoms with van der Waals surface area (Å²) < 4.78 is 5.03. The van der Waals surface area contributed by atoms with E-state index in [0.717, 1.165) is 24.8 Å². The summed E-state index contributed by atoms with van der Waals surface area (Å²) in [7, 11) is 3.53. The maximum absolute atomic E-state index is 12.5. The van der Waals surface area contributed by atoms with E-state index in [-0.39, 0.29) is 29.6 Å². The first-order valence-corrected chi connectivity index (χ1v) is 8.00. The van der Waals surface area contributed by atoms with E-state index in [1.54, 1.807) is 0 Å². The van der Waals surface area contributed by atoms with E-state index in [0.29, 0.717) is 12.5 Å². The predicted octanol–water partition coefficient (Wildman–Crippen LogP) is 2.53. The van der Waals surface area contributed by atoms with Crippen LogP contribution in [0.15, 0.2) is 30.3 Å². The van der Waals surface area contributed by atoms with Gasteiger partial charge in [-0.1, -0.05) is 30.3 Å². The third-order valence-electron chi connectivity index (χ3n) is 5.41. The lowest BCUT2D eigenvalue weighted by Crippen LogP contribution is -2.50. The molecule has 0 saturated carbocycles. The Morgan fingerprint density at radius 2 is 1.95 bits per heavy atom. The number of esters is 1. The summed E-state index contributed by atoms with van der Waals surface area (Å²) in [4.78, 5) is 27.1. The van der Waals surface area contributed by atoms with Crippen molar-refractivity contribution in [3.63, 3.8) is 0 Å². The minimum Gasteiger partial charge on any atom is -0.469 e. The number of rotatable bonds is 4. The number of hydrogen-bond acceptors (Lipinski definition) is 4. The Morgan fingerprint density at radius 3 is 2.64 bits per heavy atom. The number of fused-ring (bicyclic) bond motifs is 2. The molecular formula is C18H23NO3. The van der Waals surface area contributed by atoms with Crippen LogP contribution in [0.25, 0.3) is 0 Å². The third-order valence-corrected chi connectivity index (χ3v) is 5.41. The molecule has 2 fully saturated rings. The second kappa shape index (κ2) is 6.21. The van der Waals surface area contributed by atoms with Crippen LogP contribution in [0.4, 0.5) is 0 Å². The first kappa shape index (κ1) is 15.2. The number of Topliss-reactive ketones (excluding diaryl/α,β-unsaturated/α-hetero) is 1. The molecule has 0 unspecified atom stereocenters. The van der Waals surface area contributed by atoms with Crippen LogP contribution in [-0.2, 0) is 9.53 Å². The summed E-state index contributed by atoms with van der Waals surface area (Å²) >= 11 is 0. The van der Waals surface area contributed by atoms with Gasteiger partial charge in [0.15, 0.2) is 5.78 Å². The molecule has 2 aliphatic rings. The Labute approximate surface area is 131 Å². The topological polar surface area (TPSA) is 46.6 Å². The largest absolute Gasteiger partial charge is 0.469 e. The molecule has 0 N–H and O–H groups in total. The first-order valence-electron chi connectivity index (χ1n) is 8.00. The fourth-order valence-corrected chi connectivity index (χ4v) is 4.24. The molecule has 4 atom stereocenters. The van der Waals surface area contributed by atoms with Crippen molar-refractivity contribution in [1.29, 1.82) is 0 Å². The van der Waals surface area contributed by atoms with Crippen LogP contribution in [0.2, 0.25) is 0 Å². The van der Waals surface area contributed by atoms with Gasteiger partial charge in [-0.2, -0.15) is 0 Å². The zero-order valence-corrected chi connectivity index (χ0v) is 13.2. The van der Waals surface area contributed by atoms with E-state index in [2.05, 4.69) is 11.9 Å². The highest BCUT2D eigenvalue weighted by molar-refractivity contribution is 5.96. The standard InChI is InChI=1S/C18H23NO3/c1-19-14-8-9-15(19)17(18(21)22-2)13(10-14)11-16(20)12-6-4-3-5-7-12/h3-7,13-15,17H,8-11H2,1-2H3/t13-,14+,15-,17+/m1/s1. The van der Waals surface area contributed by atoms with Crippen LogP contribution >= 0.6 is 0 Å². The lowest BCUT2D eigenvalue weighted by atomic mass is 9.77. The van der Waals surface area contributed by atoms with Crippen molar-refractivity contribution in [2.24, 2.45) is 11.8 Å². The van der Waals surface area contributed by atoms with Gasteiger partial charge in [0.1, 0.15) is 0 Å². The second-order valence-electron chi connectivity index (χ2n) is 6.50. The van der Waals surface area contributed by atoms with Crippen LogP contribution < -0.4 is 0 Å². The van der Waals surface area contributed by atoms with Gasteiger partial charge in [0, 0.05) is 24.1 Å². The fourth-order valence-electron chi connectivity index (χ4n) is 4.24. The monoisotopic (exact) mass is 301 g/mol. The molecule has 22 heavy (non-hydrogen) atoms. The molecule has 2 heterocycles. The number of hydrogen-bond donors (Lipinski definition) is 0. The van der Waals surface area contributed by atoms with Crippen LogP contribution in [0, 0.1) is 11.8 Å². The summed E-state index contributed by atoms with van der Waals surface area (Å²) in [6.45, 7) is 0. The van der Waals surface area contributed by atoms with E-state index in [4.69, 9.17) is 4.74 Å². The second-order valence-corrected chi connectivity index (χ2v) is 6.50. The van der Waals surface area contributed by atoms with Gasteiger partial charge in [-0.25, -0.2) is 0 Å². The normalized spacial score (nSPS) is 31.0. The molecule has 0 spiro atoms. The SMILES string of the molecule is COC(=O)[C@H]1[C@@H](CC(=O)c2ccccc2)C[C@@H]2CC[C@H]1N2C. The van der Waals surface area contributed by atoms with Gasteiger partial charge in [-0.05, 0) is 32.2 Å². The lowest BCUT2D eigenvalue weighted by molar-refractivity contribution is -0.152. The van der Waals surface area contributed by atoms with Crippen molar-refractivity contribution in [3.8, 4) is 0 Å². The predicted molar refractivity (Wildman–Crippen MR) is 83.6 cm³/mol. The maximum atomic E-state index is 12.5. The van der Waals surface area contributed by atoms with Gasteiger partial charge in [-0.3, -0.25) is 14.5 Å². The Bertz CT molecular complexity index is 557. The van der Waals surface area contributed by atoms with Crippen LogP contribution in [-0.4, -0.2) is 42.9 Å². The molecular weight excluding hydrogens is 278 g/mol. The number of methoxy groups -OCH3 is 1. The molecule has 1 aromatic rings. The average molecular weight is 301 g/mol. The smallest absolute Gasteiger partial charge is 0.310 e. The van der Waals surface area contributed by atoms with Crippen molar-refractivity contribution >= 4 is 11.8 Å². The third kappa shape index (κ3) is 2.68. The molecule has 0 radical (unpaired) electrons. The van der Waals surface area contributed by atoms with Gasteiger partial charge in [-0.15, -0.1) is 0 Å². The zero-order valence-electron chi connectivity index (χ0n) is 13.2. The van der Waals surface area contributed by atoms with Crippen molar-refractivity contribution in [1.82, 2.24) is 4.90 Å². The molecule has 0 aromatic heterocycles. The fraction of sp³-hybridized carbons (Fsp3) is 0.556. The van der Waals surface area contributed by atoms with E-state index in [9.17, 15) is 9.59 Å². The van der Waals surface area contributed by atoms with E-state index >= 15 is 0 Å². The molecule has 2 bridgehead atoms. The van der Waals surface area contributed by atoms with Gasteiger partial charge in [0.05, 0.1) is 13.0 Å². The van der Waals surface area contributed by atoms with Gasteiger partial charge in [0.2, 0.25) is 0 Å². The summed E-state index contributed by atoms with van der Waals surface area (Å²) in [6.07, 6.45) is 3.48. The minimum atomic E-state index is -0.179. The molecule has 0 amide bonds. The van der Waals surface area contributed by atoms with E-state index in [1.165, 1.54) is 7.11 Å². The number of benzene rings is 1. The molecule has 4 heteroatoms. The van der Waals surface area contributed by atoms with Crippen molar-refractivity contribution in [2.45, 2.75) is 37.8 Å². The van der Waals surface area contributed by atoms with Gasteiger partial charge < -0.3 is 4.74 Å². The summed E-state index contributed by atoms with van der Waals surface area (Å²) in [5.41, 5.74) is 0.734. The molecule has 0 aliphatic carbocycles. The van der Waals surface area contributed by atoms with Gasteiger partial charge >= 0.3 is 5.97 Å². The summed E-state index contributed by atoms with van der Waals surface area (Å²) in [5.74, 6) is -0.123. The van der Waals surface area contributed by atoms with Crippen molar-refractivity contribution in [3.05, 3.63) is 35.9 Å². The maximum Gasteiger partial charge on any atom is 0.310 e. The Balaban J connectivity index is 1.79. The molecule has 2 aliphatic heterocycles. The number of nitrogens with zero attached hydrogens (tertiary/aromatic N) is 1. The van der Waals surface area contributed by atoms with Crippen LogP contribution in [0.5, 0.6) is 0 Å². The van der Waals surface area contributed by atoms with Crippen LogP contribution in [0.3, 0.4) is 0 Å². The van der Waals surface area contributed by atoms with Crippen molar-refractivity contribution < 1.29 is 14.3 Å². The lowest BCUT2D eigenvalue weighted by Gasteiger charge is -2.41. The highest BCUT2D eigenvalue weighted by Gasteiger charge is 2.49. The number of ketones is 1. The number of carbonyl (C=O) groups is 2. The number of carbonyl (C=O) groups excluding carboxylic acids is 2. The van der Waals surface area contributed by atoms with E-state index < -0.39 is 0 Å². The summed E-state index contributed by atoms with van der Waals surface area (Å²) in [5, 5.41) is 0. The number of ether oxygens (including phenoxy) is 1. The highest BCUT2D eigenvalue weighted by atomic mass is 16.5. The minimum absolute atomic E-state index is 0.0915. The molecule has 4 nitrogen and oxygen atoms in total. The Morgan fingerprint density at radius 1 is 1.23 bits per heavy atom. The van der Waals surface area contributed by atoms with Crippen molar-refractivity contribution in [2.75, 3.05) is 14.2 Å². The number of piperidine rings is 1. The average Bonchev–Trinajstić information content (AvgIpc) is 2.78. The highest BCUT2D eigenvalue weighted by Crippen LogP contribution is 2.43. The molecule has 3 rings (SSSR count). The van der Waals surface area contributed by atoms with E-state index in [1.807, 2.05) is 30.3 Å². The molecule has 2 saturated heterocycles.